The zero-order chi connectivity index (χ0) is 16.7. The predicted molar refractivity (Wildman–Crippen MR) is 94.0 cm³/mol. The van der Waals surface area contributed by atoms with Gasteiger partial charge in [0.25, 0.3) is 0 Å². The highest BCUT2D eigenvalue weighted by atomic mass is 16.1. The number of nitrogens with zero attached hydrogens (tertiary/aromatic N) is 2. The van der Waals surface area contributed by atoms with Crippen molar-refractivity contribution in [2.45, 2.75) is 52.5 Å². The SMILES string of the molecule is CCN1CCC(CC(=O)NC(CC(C)C)c2cccnc2)CC1. The molecule has 2 heterocycles. The highest BCUT2D eigenvalue weighted by Crippen LogP contribution is 2.23. The van der Waals surface area contributed by atoms with Crippen LogP contribution < -0.4 is 5.32 Å². The Kier molecular flexibility index (Phi) is 7.03. The summed E-state index contributed by atoms with van der Waals surface area (Å²) in [5.41, 5.74) is 1.11. The molecule has 0 aromatic carbocycles. The van der Waals surface area contributed by atoms with E-state index in [1.165, 1.54) is 0 Å². The van der Waals surface area contributed by atoms with E-state index in [2.05, 4.69) is 42.0 Å². The average Bonchev–Trinajstić information content (AvgIpc) is 2.55. The van der Waals surface area contributed by atoms with Gasteiger partial charge >= 0.3 is 0 Å². The Balaban J connectivity index is 1.88. The fraction of sp³-hybridized carbons (Fsp3) is 0.684. The first-order chi connectivity index (χ1) is 11.1. The molecule has 0 bridgehead atoms. The minimum atomic E-state index is 0.0759. The molecule has 1 fully saturated rings. The van der Waals surface area contributed by atoms with Gasteiger partial charge in [-0.25, -0.2) is 0 Å². The molecule has 0 radical (unpaired) electrons. The quantitative estimate of drug-likeness (QED) is 0.838. The third kappa shape index (κ3) is 5.94. The van der Waals surface area contributed by atoms with E-state index in [4.69, 9.17) is 0 Å². The van der Waals surface area contributed by atoms with Crippen molar-refractivity contribution in [2.75, 3.05) is 19.6 Å². The van der Waals surface area contributed by atoms with E-state index in [0.717, 1.165) is 44.5 Å². The van der Waals surface area contributed by atoms with Crippen molar-refractivity contribution in [3.05, 3.63) is 30.1 Å². The highest BCUT2D eigenvalue weighted by Gasteiger charge is 2.22. The standard InChI is InChI=1S/C19H31N3O/c1-4-22-10-7-16(8-11-22)13-19(23)21-18(12-15(2)3)17-6-5-9-20-14-17/h5-6,9,14-16,18H,4,7-8,10-13H2,1-3H3,(H,21,23). The first-order valence-corrected chi connectivity index (χ1v) is 9.00. The van der Waals surface area contributed by atoms with Crippen molar-refractivity contribution >= 4 is 5.91 Å². The minimum Gasteiger partial charge on any atom is -0.349 e. The molecule has 1 amide bonds. The number of pyridine rings is 1. The summed E-state index contributed by atoms with van der Waals surface area (Å²) in [6.07, 6.45) is 7.54. The second-order valence-electron chi connectivity index (χ2n) is 7.12. The van der Waals surface area contributed by atoms with Crippen LogP contribution in [0.3, 0.4) is 0 Å². The summed E-state index contributed by atoms with van der Waals surface area (Å²) in [6, 6.07) is 4.07. The van der Waals surface area contributed by atoms with Crippen LogP contribution in [-0.4, -0.2) is 35.4 Å². The largest absolute Gasteiger partial charge is 0.349 e. The number of carbonyl (C=O) groups is 1. The van der Waals surface area contributed by atoms with Gasteiger partial charge in [0.1, 0.15) is 0 Å². The summed E-state index contributed by atoms with van der Waals surface area (Å²) in [5.74, 6) is 1.26. The van der Waals surface area contributed by atoms with Gasteiger partial charge in [-0.1, -0.05) is 26.8 Å². The summed E-state index contributed by atoms with van der Waals surface area (Å²) < 4.78 is 0. The molecular weight excluding hydrogens is 286 g/mol. The van der Waals surface area contributed by atoms with Crippen molar-refractivity contribution in [3.63, 3.8) is 0 Å². The van der Waals surface area contributed by atoms with Gasteiger partial charge < -0.3 is 10.2 Å². The van der Waals surface area contributed by atoms with E-state index in [-0.39, 0.29) is 11.9 Å². The zero-order valence-corrected chi connectivity index (χ0v) is 14.8. The Morgan fingerprint density at radius 3 is 2.70 bits per heavy atom. The normalized spacial score (nSPS) is 18.1. The molecule has 0 saturated carbocycles. The van der Waals surface area contributed by atoms with E-state index < -0.39 is 0 Å². The molecule has 1 atom stereocenters. The molecule has 1 aromatic heterocycles. The predicted octanol–water partition coefficient (Wildman–Crippen LogP) is 3.41. The molecule has 1 aromatic rings. The van der Waals surface area contributed by atoms with Crippen molar-refractivity contribution in [1.29, 1.82) is 0 Å². The second kappa shape index (κ2) is 9.02. The smallest absolute Gasteiger partial charge is 0.220 e. The molecule has 4 nitrogen and oxygen atoms in total. The van der Waals surface area contributed by atoms with Gasteiger partial charge in [-0.3, -0.25) is 9.78 Å². The lowest BCUT2D eigenvalue weighted by Gasteiger charge is -2.31. The fourth-order valence-electron chi connectivity index (χ4n) is 3.35. The van der Waals surface area contributed by atoms with E-state index in [9.17, 15) is 4.79 Å². The van der Waals surface area contributed by atoms with E-state index >= 15 is 0 Å². The molecule has 2 rings (SSSR count). The lowest BCUT2D eigenvalue weighted by molar-refractivity contribution is -0.123. The van der Waals surface area contributed by atoms with Crippen LogP contribution in [0.15, 0.2) is 24.5 Å². The monoisotopic (exact) mass is 317 g/mol. The first-order valence-electron chi connectivity index (χ1n) is 9.00. The lowest BCUT2D eigenvalue weighted by atomic mass is 9.92. The number of likely N-dealkylation sites (tertiary alicyclic amines) is 1. The average molecular weight is 317 g/mol. The summed E-state index contributed by atoms with van der Waals surface area (Å²) in [5, 5.41) is 3.24. The Morgan fingerprint density at radius 2 is 2.13 bits per heavy atom. The van der Waals surface area contributed by atoms with Gasteiger partial charge in [-0.2, -0.15) is 0 Å². The molecule has 128 valence electrons. The fourth-order valence-corrected chi connectivity index (χ4v) is 3.35. The summed E-state index contributed by atoms with van der Waals surface area (Å²) in [4.78, 5) is 19.1. The number of carbonyl (C=O) groups excluding carboxylic acids is 1. The molecule has 1 saturated heterocycles. The summed E-state index contributed by atoms with van der Waals surface area (Å²) >= 11 is 0. The lowest BCUT2D eigenvalue weighted by Crippen LogP contribution is -2.36. The maximum Gasteiger partial charge on any atom is 0.220 e. The molecule has 4 heteroatoms. The first kappa shape index (κ1) is 17.9. The zero-order valence-electron chi connectivity index (χ0n) is 14.8. The van der Waals surface area contributed by atoms with Crippen molar-refractivity contribution in [1.82, 2.24) is 15.2 Å². The van der Waals surface area contributed by atoms with Gasteiger partial charge in [0.05, 0.1) is 6.04 Å². The summed E-state index contributed by atoms with van der Waals surface area (Å²) in [6.45, 7) is 9.97. The third-order valence-corrected chi connectivity index (χ3v) is 4.76. The van der Waals surface area contributed by atoms with Crippen molar-refractivity contribution < 1.29 is 4.79 Å². The molecule has 1 N–H and O–H groups in total. The molecule has 1 unspecified atom stereocenters. The second-order valence-corrected chi connectivity index (χ2v) is 7.12. The number of piperidine rings is 1. The number of amides is 1. The van der Waals surface area contributed by atoms with Crippen LogP contribution in [-0.2, 0) is 4.79 Å². The number of rotatable bonds is 7. The molecule has 1 aliphatic rings. The topological polar surface area (TPSA) is 45.2 Å². The van der Waals surface area contributed by atoms with Crippen LogP contribution in [0.25, 0.3) is 0 Å². The molecule has 0 aliphatic carbocycles. The van der Waals surface area contributed by atoms with Gasteiger partial charge in [-0.15, -0.1) is 0 Å². The van der Waals surface area contributed by atoms with E-state index in [1.54, 1.807) is 6.20 Å². The molecule has 23 heavy (non-hydrogen) atoms. The Hall–Kier alpha value is -1.42. The number of hydrogen-bond acceptors (Lipinski definition) is 3. The Morgan fingerprint density at radius 1 is 1.39 bits per heavy atom. The summed E-state index contributed by atoms with van der Waals surface area (Å²) in [7, 11) is 0. The van der Waals surface area contributed by atoms with Crippen molar-refractivity contribution in [3.8, 4) is 0 Å². The maximum atomic E-state index is 12.5. The molecular formula is C19H31N3O. The number of aromatic nitrogens is 1. The molecule has 1 aliphatic heterocycles. The third-order valence-electron chi connectivity index (χ3n) is 4.76. The van der Waals surface area contributed by atoms with Crippen LogP contribution in [0.5, 0.6) is 0 Å². The minimum absolute atomic E-state index is 0.0759. The molecule has 0 spiro atoms. The van der Waals surface area contributed by atoms with E-state index in [0.29, 0.717) is 18.3 Å². The van der Waals surface area contributed by atoms with Gasteiger partial charge in [0.2, 0.25) is 5.91 Å². The van der Waals surface area contributed by atoms with Crippen molar-refractivity contribution in [2.24, 2.45) is 11.8 Å². The van der Waals surface area contributed by atoms with Crippen LogP contribution in [0.1, 0.15) is 58.1 Å². The number of hydrogen-bond donors (Lipinski definition) is 1. The Bertz CT molecular complexity index is 467. The maximum absolute atomic E-state index is 12.5. The number of nitrogens with one attached hydrogen (secondary N) is 1. The van der Waals surface area contributed by atoms with Crippen LogP contribution in [0, 0.1) is 11.8 Å². The van der Waals surface area contributed by atoms with Gasteiger partial charge in [0, 0.05) is 18.8 Å². The van der Waals surface area contributed by atoms with Gasteiger partial charge in [-0.05, 0) is 62.4 Å². The highest BCUT2D eigenvalue weighted by molar-refractivity contribution is 5.76. The van der Waals surface area contributed by atoms with Gasteiger partial charge in [0.15, 0.2) is 0 Å². The van der Waals surface area contributed by atoms with Crippen LogP contribution >= 0.6 is 0 Å². The van der Waals surface area contributed by atoms with Crippen LogP contribution in [0.4, 0.5) is 0 Å². The van der Waals surface area contributed by atoms with Crippen LogP contribution in [0.2, 0.25) is 0 Å². The Labute approximate surface area is 140 Å². The van der Waals surface area contributed by atoms with E-state index in [1.807, 2.05) is 12.3 Å².